The first kappa shape index (κ1) is 11.7. The molecular weight excluding hydrogens is 220 g/mol. The van der Waals surface area contributed by atoms with E-state index in [1.54, 1.807) is 18.2 Å². The van der Waals surface area contributed by atoms with Gasteiger partial charge in [0.2, 0.25) is 0 Å². The lowest BCUT2D eigenvalue weighted by molar-refractivity contribution is 0.208. The number of anilines is 1. The third-order valence-electron chi connectivity index (χ3n) is 1.66. The lowest BCUT2D eigenvalue weighted by Gasteiger charge is -2.08. The van der Waals surface area contributed by atoms with Gasteiger partial charge in [0.15, 0.2) is 0 Å². The van der Waals surface area contributed by atoms with Crippen LogP contribution in [-0.4, -0.2) is 23.5 Å². The van der Waals surface area contributed by atoms with E-state index >= 15 is 0 Å². The first-order valence-corrected chi connectivity index (χ1v) is 5.55. The molecule has 78 valence electrons. The van der Waals surface area contributed by atoms with E-state index < -0.39 is 6.10 Å². The Bertz CT molecular complexity index is 309. The lowest BCUT2D eigenvalue weighted by Crippen LogP contribution is -2.21. The van der Waals surface area contributed by atoms with Crippen LogP contribution >= 0.6 is 23.4 Å². The number of nitrogens with two attached hydrogens (primary N) is 2. The van der Waals surface area contributed by atoms with Gasteiger partial charge >= 0.3 is 0 Å². The summed E-state index contributed by atoms with van der Waals surface area (Å²) in [4.78, 5) is 0.874. The molecule has 0 bridgehead atoms. The van der Waals surface area contributed by atoms with E-state index in [1.807, 2.05) is 0 Å². The highest BCUT2D eigenvalue weighted by molar-refractivity contribution is 7.99. The molecule has 0 aliphatic rings. The van der Waals surface area contributed by atoms with E-state index in [0.29, 0.717) is 16.5 Å². The SMILES string of the molecule is NCC(O)CSc1cc(N)ccc1Cl. The van der Waals surface area contributed by atoms with E-state index in [0.717, 1.165) is 4.90 Å². The number of benzene rings is 1. The minimum atomic E-state index is -0.502. The van der Waals surface area contributed by atoms with Crippen molar-refractivity contribution in [2.75, 3.05) is 18.0 Å². The lowest BCUT2D eigenvalue weighted by atomic mass is 10.3. The molecule has 1 aromatic rings. The Kier molecular flexibility index (Phi) is 4.54. The van der Waals surface area contributed by atoms with Crippen LogP contribution in [-0.2, 0) is 0 Å². The molecular formula is C9H13ClN2OS. The normalized spacial score (nSPS) is 12.8. The molecule has 0 heterocycles. The molecule has 1 rings (SSSR count). The second-order valence-corrected chi connectivity index (χ2v) is 4.36. The van der Waals surface area contributed by atoms with E-state index in [-0.39, 0.29) is 6.54 Å². The van der Waals surface area contributed by atoms with Crippen LogP contribution in [0.2, 0.25) is 5.02 Å². The fourth-order valence-electron chi connectivity index (χ4n) is 0.885. The maximum absolute atomic E-state index is 9.26. The van der Waals surface area contributed by atoms with Crippen LogP contribution in [0.5, 0.6) is 0 Å². The Labute approximate surface area is 92.4 Å². The second kappa shape index (κ2) is 5.46. The van der Waals surface area contributed by atoms with Gasteiger partial charge in [0.1, 0.15) is 0 Å². The van der Waals surface area contributed by atoms with Crippen LogP contribution in [0.1, 0.15) is 0 Å². The van der Waals surface area contributed by atoms with Gasteiger partial charge in [-0.2, -0.15) is 0 Å². The Balaban J connectivity index is 2.62. The molecule has 0 saturated carbocycles. The van der Waals surface area contributed by atoms with Gasteiger partial charge in [0, 0.05) is 22.9 Å². The van der Waals surface area contributed by atoms with E-state index in [4.69, 9.17) is 23.1 Å². The molecule has 5 N–H and O–H groups in total. The summed E-state index contributed by atoms with van der Waals surface area (Å²) in [6, 6.07) is 5.27. The Hall–Kier alpha value is -0.420. The molecule has 0 aromatic heterocycles. The van der Waals surface area contributed by atoms with Gasteiger partial charge in [0.25, 0.3) is 0 Å². The van der Waals surface area contributed by atoms with Crippen molar-refractivity contribution in [1.29, 1.82) is 0 Å². The summed E-state index contributed by atoms with van der Waals surface area (Å²) >= 11 is 7.39. The molecule has 3 nitrogen and oxygen atoms in total. The van der Waals surface area contributed by atoms with Gasteiger partial charge in [-0.3, -0.25) is 0 Å². The average Bonchev–Trinajstić information content (AvgIpc) is 2.19. The Morgan fingerprint density at radius 3 is 2.86 bits per heavy atom. The van der Waals surface area contributed by atoms with Gasteiger partial charge in [-0.1, -0.05) is 11.6 Å². The maximum atomic E-state index is 9.26. The van der Waals surface area contributed by atoms with Gasteiger partial charge in [-0.25, -0.2) is 0 Å². The third-order valence-corrected chi connectivity index (χ3v) is 3.30. The molecule has 0 spiro atoms. The topological polar surface area (TPSA) is 72.3 Å². The van der Waals surface area contributed by atoms with Gasteiger partial charge in [0.05, 0.1) is 11.1 Å². The summed E-state index contributed by atoms with van der Waals surface area (Å²) in [5.74, 6) is 0.527. The zero-order chi connectivity index (χ0) is 10.6. The molecule has 5 heteroatoms. The van der Waals surface area contributed by atoms with Crippen molar-refractivity contribution in [2.45, 2.75) is 11.0 Å². The highest BCUT2D eigenvalue weighted by Gasteiger charge is 2.05. The third kappa shape index (κ3) is 3.38. The molecule has 0 fully saturated rings. The highest BCUT2D eigenvalue weighted by atomic mass is 35.5. The fraction of sp³-hybridized carbons (Fsp3) is 0.333. The molecule has 0 saturated heterocycles. The quantitative estimate of drug-likeness (QED) is 0.541. The molecule has 0 amide bonds. The van der Waals surface area contributed by atoms with Crippen molar-refractivity contribution in [2.24, 2.45) is 5.73 Å². The number of rotatable bonds is 4. The minimum Gasteiger partial charge on any atom is -0.399 e. The molecule has 0 aliphatic heterocycles. The van der Waals surface area contributed by atoms with Crippen molar-refractivity contribution in [3.05, 3.63) is 23.2 Å². The van der Waals surface area contributed by atoms with Crippen LogP contribution in [0, 0.1) is 0 Å². The predicted molar refractivity (Wildman–Crippen MR) is 61.6 cm³/mol. The Morgan fingerprint density at radius 1 is 1.50 bits per heavy atom. The minimum absolute atomic E-state index is 0.257. The zero-order valence-electron chi connectivity index (χ0n) is 7.61. The van der Waals surface area contributed by atoms with Crippen LogP contribution in [0.3, 0.4) is 0 Å². The standard InChI is InChI=1S/C9H13ClN2OS/c10-8-2-1-6(12)3-9(8)14-5-7(13)4-11/h1-3,7,13H,4-5,11-12H2. The van der Waals surface area contributed by atoms with Crippen LogP contribution in [0.15, 0.2) is 23.1 Å². The van der Waals surface area contributed by atoms with Gasteiger partial charge in [-0.15, -0.1) is 11.8 Å². The summed E-state index contributed by atoms with van der Waals surface area (Å²) in [6.45, 7) is 0.257. The van der Waals surface area contributed by atoms with Gasteiger partial charge in [-0.05, 0) is 18.2 Å². The fourth-order valence-corrected chi connectivity index (χ4v) is 2.10. The monoisotopic (exact) mass is 232 g/mol. The van der Waals surface area contributed by atoms with Crippen molar-refractivity contribution in [3.63, 3.8) is 0 Å². The number of nitrogen functional groups attached to an aromatic ring is 1. The van der Waals surface area contributed by atoms with E-state index in [9.17, 15) is 5.11 Å². The number of hydrogen-bond acceptors (Lipinski definition) is 4. The number of aliphatic hydroxyl groups is 1. The molecule has 1 aromatic carbocycles. The molecule has 1 unspecified atom stereocenters. The first-order chi connectivity index (χ1) is 6.63. The summed E-state index contributed by atoms with van der Waals surface area (Å²) in [5, 5.41) is 9.91. The maximum Gasteiger partial charge on any atom is 0.0756 e. The van der Waals surface area contributed by atoms with E-state index in [1.165, 1.54) is 11.8 Å². The van der Waals surface area contributed by atoms with Crippen LogP contribution in [0.25, 0.3) is 0 Å². The Morgan fingerprint density at radius 2 is 2.21 bits per heavy atom. The largest absolute Gasteiger partial charge is 0.399 e. The number of thioether (sulfide) groups is 1. The van der Waals surface area contributed by atoms with Gasteiger partial charge < -0.3 is 16.6 Å². The summed E-state index contributed by atoms with van der Waals surface area (Å²) < 4.78 is 0. The van der Waals surface area contributed by atoms with E-state index in [2.05, 4.69) is 0 Å². The second-order valence-electron chi connectivity index (χ2n) is 2.89. The highest BCUT2D eigenvalue weighted by Crippen LogP contribution is 2.29. The first-order valence-electron chi connectivity index (χ1n) is 4.19. The number of aliphatic hydroxyl groups excluding tert-OH is 1. The molecule has 14 heavy (non-hydrogen) atoms. The summed E-state index contributed by atoms with van der Waals surface area (Å²) in [6.07, 6.45) is -0.502. The smallest absolute Gasteiger partial charge is 0.0756 e. The van der Waals surface area contributed by atoms with Crippen molar-refractivity contribution >= 4 is 29.1 Å². The predicted octanol–water partition coefficient (Wildman–Crippen LogP) is 1.33. The van der Waals surface area contributed by atoms with Crippen LogP contribution < -0.4 is 11.5 Å². The zero-order valence-corrected chi connectivity index (χ0v) is 9.18. The average molecular weight is 233 g/mol. The van der Waals surface area contributed by atoms with Crippen LogP contribution in [0.4, 0.5) is 5.69 Å². The number of halogens is 1. The summed E-state index contributed by atoms with van der Waals surface area (Å²) in [7, 11) is 0. The van der Waals surface area contributed by atoms with Crippen molar-refractivity contribution < 1.29 is 5.11 Å². The van der Waals surface area contributed by atoms with Crippen molar-refractivity contribution in [1.82, 2.24) is 0 Å². The molecule has 0 aliphatic carbocycles. The summed E-state index contributed by atoms with van der Waals surface area (Å²) in [5.41, 5.74) is 11.6. The van der Waals surface area contributed by atoms with Crippen molar-refractivity contribution in [3.8, 4) is 0 Å². The number of hydrogen-bond donors (Lipinski definition) is 3. The molecule has 0 radical (unpaired) electrons. The molecule has 1 atom stereocenters.